The van der Waals surface area contributed by atoms with Gasteiger partial charge in [0, 0.05) is 5.02 Å². The molecule has 0 aromatic heterocycles. The Bertz CT molecular complexity index is 753. The molecule has 0 atom stereocenters. The van der Waals surface area contributed by atoms with Crippen LogP contribution in [0.25, 0.3) is 0 Å². The van der Waals surface area contributed by atoms with Crippen LogP contribution in [0.15, 0.2) is 18.2 Å². The van der Waals surface area contributed by atoms with Crippen LogP contribution in [0.1, 0.15) is 0 Å². The predicted molar refractivity (Wildman–Crippen MR) is 80.4 cm³/mol. The third kappa shape index (κ3) is 3.31. The number of hydrogen-bond acceptors (Lipinski definition) is 1. The van der Waals surface area contributed by atoms with Crippen LogP contribution in [0.2, 0.25) is 23.1 Å². The minimum absolute atomic E-state index is 0.000209. The molecule has 124 valence electrons. The van der Waals surface area contributed by atoms with Crippen molar-refractivity contribution in [2.75, 3.05) is 0 Å². The van der Waals surface area contributed by atoms with E-state index in [0.29, 0.717) is 0 Å². The Morgan fingerprint density at radius 3 is 1.83 bits per heavy atom. The molecular formula is C14H9Cl2F5OSi. The van der Waals surface area contributed by atoms with E-state index in [1.165, 1.54) is 31.3 Å². The van der Waals surface area contributed by atoms with Crippen LogP contribution in [-0.4, -0.2) is 8.32 Å². The van der Waals surface area contributed by atoms with Gasteiger partial charge in [-0.2, -0.15) is 0 Å². The molecule has 2 aromatic carbocycles. The van der Waals surface area contributed by atoms with Gasteiger partial charge >= 0.3 is 0 Å². The summed E-state index contributed by atoms with van der Waals surface area (Å²) < 4.78 is 73.3. The van der Waals surface area contributed by atoms with E-state index >= 15 is 0 Å². The number of benzene rings is 2. The number of hydrogen-bond donors (Lipinski definition) is 0. The first-order valence-electron chi connectivity index (χ1n) is 6.22. The summed E-state index contributed by atoms with van der Waals surface area (Å²) in [6, 6.07) is 4.15. The van der Waals surface area contributed by atoms with Crippen LogP contribution in [-0.2, 0) is 0 Å². The minimum atomic E-state index is -3.59. The lowest BCUT2D eigenvalue weighted by Gasteiger charge is -2.26. The zero-order chi connectivity index (χ0) is 17.5. The number of halogens is 7. The highest BCUT2D eigenvalue weighted by Crippen LogP contribution is 2.30. The van der Waals surface area contributed by atoms with Gasteiger partial charge in [0.1, 0.15) is 5.75 Å². The van der Waals surface area contributed by atoms with E-state index in [9.17, 15) is 22.0 Å². The Balaban J connectivity index is 2.58. The van der Waals surface area contributed by atoms with Gasteiger partial charge in [0.05, 0.1) is 10.2 Å². The molecule has 9 heteroatoms. The first kappa shape index (κ1) is 18.0. The summed E-state index contributed by atoms with van der Waals surface area (Å²) in [5.41, 5.74) is 0. The zero-order valence-corrected chi connectivity index (χ0v) is 14.3. The molecule has 0 N–H and O–H groups in total. The van der Waals surface area contributed by atoms with Gasteiger partial charge in [-0.3, -0.25) is 0 Å². The van der Waals surface area contributed by atoms with Crippen molar-refractivity contribution in [1.29, 1.82) is 0 Å². The summed E-state index contributed by atoms with van der Waals surface area (Å²) in [6.45, 7) is 2.56. The molecule has 0 aliphatic heterocycles. The van der Waals surface area contributed by atoms with Crippen LogP contribution < -0.4 is 9.61 Å². The van der Waals surface area contributed by atoms with Crippen molar-refractivity contribution in [1.82, 2.24) is 0 Å². The van der Waals surface area contributed by atoms with Crippen molar-refractivity contribution in [3.8, 4) is 5.75 Å². The van der Waals surface area contributed by atoms with Gasteiger partial charge in [0.25, 0.3) is 8.32 Å². The summed E-state index contributed by atoms with van der Waals surface area (Å²) in [4.78, 5) is 0. The molecule has 2 rings (SSSR count). The first-order valence-corrected chi connectivity index (χ1v) is 9.88. The Morgan fingerprint density at radius 1 is 0.826 bits per heavy atom. The Labute approximate surface area is 139 Å². The standard InChI is InChI=1S/C14H9Cl2F5OSi/c1-23(2,22-8-5-6(15)3-4-7(8)16)14-12(20)10(18)9(17)11(19)13(14)21/h3-5H,1-2H3. The van der Waals surface area contributed by atoms with Gasteiger partial charge in [0.15, 0.2) is 23.3 Å². The molecule has 0 radical (unpaired) electrons. The molecule has 0 heterocycles. The third-order valence-corrected chi connectivity index (χ3v) is 5.99. The maximum atomic E-state index is 14.0. The van der Waals surface area contributed by atoms with Crippen molar-refractivity contribution < 1.29 is 26.4 Å². The molecule has 0 aliphatic rings. The average Bonchev–Trinajstić information content (AvgIpc) is 2.46. The van der Waals surface area contributed by atoms with Crippen molar-refractivity contribution >= 4 is 36.7 Å². The summed E-state index contributed by atoms with van der Waals surface area (Å²) in [6.07, 6.45) is 0. The molecule has 0 unspecified atom stereocenters. The van der Waals surface area contributed by atoms with Gasteiger partial charge in [-0.05, 0) is 31.3 Å². The van der Waals surface area contributed by atoms with E-state index in [1.807, 2.05) is 0 Å². The van der Waals surface area contributed by atoms with Gasteiger partial charge in [0.2, 0.25) is 5.82 Å². The molecule has 0 amide bonds. The lowest BCUT2D eigenvalue weighted by molar-refractivity contribution is 0.382. The highest BCUT2D eigenvalue weighted by molar-refractivity contribution is 6.85. The van der Waals surface area contributed by atoms with E-state index in [-0.39, 0.29) is 15.8 Å². The van der Waals surface area contributed by atoms with E-state index in [1.54, 1.807) is 0 Å². The molecule has 2 aromatic rings. The van der Waals surface area contributed by atoms with Crippen molar-refractivity contribution in [2.45, 2.75) is 13.1 Å². The summed E-state index contributed by atoms with van der Waals surface area (Å²) in [5.74, 6) is -10.1. The number of rotatable bonds is 3. The summed E-state index contributed by atoms with van der Waals surface area (Å²) in [5, 5.41) is -0.629. The Kier molecular flexibility index (Phi) is 4.94. The second-order valence-electron chi connectivity index (χ2n) is 5.13. The molecular weight excluding hydrogens is 378 g/mol. The molecule has 1 nitrogen and oxygen atoms in total. The second kappa shape index (κ2) is 6.30. The largest absolute Gasteiger partial charge is 0.538 e. The molecule has 0 saturated heterocycles. The normalized spacial score (nSPS) is 11.7. The minimum Gasteiger partial charge on any atom is -0.538 e. The zero-order valence-electron chi connectivity index (χ0n) is 11.8. The van der Waals surface area contributed by atoms with E-state index < -0.39 is 42.6 Å². The van der Waals surface area contributed by atoms with Crippen molar-refractivity contribution in [2.24, 2.45) is 0 Å². The van der Waals surface area contributed by atoms with Gasteiger partial charge in [-0.1, -0.05) is 23.2 Å². The van der Waals surface area contributed by atoms with Crippen LogP contribution in [0, 0.1) is 29.1 Å². The lowest BCUT2D eigenvalue weighted by atomic mass is 10.3. The molecule has 0 spiro atoms. The fourth-order valence-corrected chi connectivity index (χ4v) is 4.50. The third-order valence-electron chi connectivity index (χ3n) is 3.07. The quantitative estimate of drug-likeness (QED) is 0.305. The highest BCUT2D eigenvalue weighted by Gasteiger charge is 2.39. The van der Waals surface area contributed by atoms with Crippen LogP contribution >= 0.6 is 23.2 Å². The smallest absolute Gasteiger partial charge is 0.283 e. The monoisotopic (exact) mass is 386 g/mol. The van der Waals surface area contributed by atoms with Gasteiger partial charge in [-0.25, -0.2) is 22.0 Å². The molecule has 0 saturated carbocycles. The van der Waals surface area contributed by atoms with Gasteiger partial charge < -0.3 is 4.43 Å². The second-order valence-corrected chi connectivity index (χ2v) is 9.70. The van der Waals surface area contributed by atoms with Gasteiger partial charge in [-0.15, -0.1) is 0 Å². The Morgan fingerprint density at radius 2 is 1.30 bits per heavy atom. The SMILES string of the molecule is C[Si](C)(Oc1cc(Cl)ccc1Cl)c1c(F)c(F)c(F)c(F)c1F. The fourth-order valence-electron chi connectivity index (χ4n) is 2.01. The molecule has 0 fully saturated rings. The fraction of sp³-hybridized carbons (Fsp3) is 0.143. The van der Waals surface area contributed by atoms with Crippen molar-refractivity contribution in [3.63, 3.8) is 0 Å². The molecule has 0 bridgehead atoms. The first-order chi connectivity index (χ1) is 10.6. The summed E-state index contributed by atoms with van der Waals surface area (Å²) in [7, 11) is -3.59. The van der Waals surface area contributed by atoms with Crippen molar-refractivity contribution in [3.05, 3.63) is 57.3 Å². The molecule has 23 heavy (non-hydrogen) atoms. The van der Waals surface area contributed by atoms with E-state index in [4.69, 9.17) is 27.6 Å². The van der Waals surface area contributed by atoms with E-state index in [2.05, 4.69) is 0 Å². The van der Waals surface area contributed by atoms with Crippen LogP contribution in [0.4, 0.5) is 22.0 Å². The average molecular weight is 387 g/mol. The van der Waals surface area contributed by atoms with Crippen LogP contribution in [0.3, 0.4) is 0 Å². The predicted octanol–water partition coefficient (Wildman–Crippen LogP) is 5.18. The lowest BCUT2D eigenvalue weighted by Crippen LogP contribution is -2.52. The maximum Gasteiger partial charge on any atom is 0.283 e. The topological polar surface area (TPSA) is 9.23 Å². The molecule has 0 aliphatic carbocycles. The maximum absolute atomic E-state index is 14.0. The van der Waals surface area contributed by atoms with Crippen LogP contribution in [0.5, 0.6) is 5.75 Å². The Hall–Kier alpha value is -1.31. The summed E-state index contributed by atoms with van der Waals surface area (Å²) >= 11 is 11.7. The van der Waals surface area contributed by atoms with E-state index in [0.717, 1.165) is 0 Å². The highest BCUT2D eigenvalue weighted by atomic mass is 35.5.